The number of carbonyl (C=O) groups excluding carboxylic acids is 4. The summed E-state index contributed by atoms with van der Waals surface area (Å²) in [5.74, 6) is -0.507. The van der Waals surface area contributed by atoms with E-state index in [4.69, 9.17) is 4.74 Å². The molecule has 0 aliphatic carbocycles. The molecule has 1 aliphatic heterocycles. The molecule has 2 aromatic carbocycles. The van der Waals surface area contributed by atoms with E-state index < -0.39 is 29.0 Å². The van der Waals surface area contributed by atoms with Crippen molar-refractivity contribution in [3.8, 4) is 0 Å². The number of amides is 5. The summed E-state index contributed by atoms with van der Waals surface area (Å²) in [6.45, 7) is 15.0. The van der Waals surface area contributed by atoms with E-state index >= 15 is 0 Å². The molecule has 4 atom stereocenters. The second kappa shape index (κ2) is 17.9. The number of carbonyl (C=O) groups is 4. The minimum Gasteiger partial charge on any atom is -0.453 e. The smallest absolute Gasteiger partial charge is 0.407 e. The van der Waals surface area contributed by atoms with Crippen molar-refractivity contribution in [2.24, 2.45) is 10.8 Å². The molecule has 3 N–H and O–H groups in total. The van der Waals surface area contributed by atoms with Crippen molar-refractivity contribution >= 4 is 35.3 Å². The van der Waals surface area contributed by atoms with Gasteiger partial charge in [0.1, 0.15) is 12.1 Å². The van der Waals surface area contributed by atoms with E-state index in [2.05, 4.69) is 20.9 Å². The second-order valence-electron chi connectivity index (χ2n) is 15.8. The molecule has 0 radical (unpaired) electrons. The SMILES string of the molecule is COC(=O)NC(C(=O)NC(CCC(Cc1ccccc1)NC(=O)C(N1CCN(Cc2csc(C)n2)C1=O)C(C)(C)C)Cc1ccccc1)C(C)(C)C. The number of aromatic nitrogens is 1. The zero-order valence-corrected chi connectivity index (χ0v) is 32.7. The lowest BCUT2D eigenvalue weighted by Gasteiger charge is -2.37. The Kier molecular flexibility index (Phi) is 13.8. The van der Waals surface area contributed by atoms with E-state index in [-0.39, 0.29) is 29.9 Å². The molecule has 0 spiro atoms. The molecule has 1 aromatic heterocycles. The van der Waals surface area contributed by atoms with Gasteiger partial charge in [-0.25, -0.2) is 14.6 Å². The van der Waals surface area contributed by atoms with E-state index in [0.29, 0.717) is 45.3 Å². The molecule has 5 amide bonds. The predicted molar refractivity (Wildman–Crippen MR) is 205 cm³/mol. The van der Waals surface area contributed by atoms with Crippen LogP contribution in [0.5, 0.6) is 0 Å². The maximum Gasteiger partial charge on any atom is 0.407 e. The van der Waals surface area contributed by atoms with Crippen LogP contribution in [0.15, 0.2) is 66.0 Å². The molecule has 11 nitrogen and oxygen atoms in total. The molecule has 282 valence electrons. The Morgan fingerprint density at radius 2 is 1.35 bits per heavy atom. The number of aryl methyl sites for hydroxylation is 1. The first-order valence-electron chi connectivity index (χ1n) is 18.0. The van der Waals surface area contributed by atoms with Gasteiger partial charge in [-0.1, -0.05) is 102 Å². The number of hydrogen-bond donors (Lipinski definition) is 3. The third-order valence-corrected chi connectivity index (χ3v) is 10.1. The highest BCUT2D eigenvalue weighted by molar-refractivity contribution is 7.09. The van der Waals surface area contributed by atoms with Gasteiger partial charge in [0, 0.05) is 30.6 Å². The standard InChI is InChI=1S/C40H56N6O5S/c1-27-41-32(26-52-27)25-45-21-22-46(38(45)50)34(40(5,6)7)36(48)43-31(24-29-17-13-10-14-18-29)20-19-30(23-28-15-11-9-12-16-28)42-35(47)33(39(2,3)4)44-37(49)51-8/h9-18,26,30-31,33-34H,19-25H2,1-8H3,(H,42,47)(H,43,48)(H,44,49). The van der Waals surface area contributed by atoms with Crippen LogP contribution in [-0.2, 0) is 33.7 Å². The Bertz CT molecular complexity index is 1630. The summed E-state index contributed by atoms with van der Waals surface area (Å²) in [6, 6.07) is 17.7. The van der Waals surface area contributed by atoms with Gasteiger partial charge in [0.25, 0.3) is 0 Å². The summed E-state index contributed by atoms with van der Waals surface area (Å²) < 4.78 is 4.82. The van der Waals surface area contributed by atoms with Crippen LogP contribution in [0.25, 0.3) is 0 Å². The van der Waals surface area contributed by atoms with Gasteiger partial charge in [0.15, 0.2) is 0 Å². The summed E-state index contributed by atoms with van der Waals surface area (Å²) in [5.41, 5.74) is 1.86. The molecule has 3 aromatic rings. The third kappa shape index (κ3) is 11.5. The van der Waals surface area contributed by atoms with Crippen LogP contribution in [-0.4, -0.2) is 83.1 Å². The molecule has 1 aliphatic rings. The van der Waals surface area contributed by atoms with Gasteiger partial charge in [-0.15, -0.1) is 11.3 Å². The molecule has 2 heterocycles. The molecule has 4 unspecified atom stereocenters. The van der Waals surface area contributed by atoms with Gasteiger partial charge in [-0.2, -0.15) is 0 Å². The van der Waals surface area contributed by atoms with E-state index in [0.717, 1.165) is 21.8 Å². The average molecular weight is 733 g/mol. The third-order valence-electron chi connectivity index (χ3n) is 9.31. The molecule has 12 heteroatoms. The normalized spacial score (nSPS) is 15.8. The predicted octanol–water partition coefficient (Wildman–Crippen LogP) is 6.11. The molecule has 0 saturated carbocycles. The lowest BCUT2D eigenvalue weighted by Crippen LogP contribution is -2.57. The highest BCUT2D eigenvalue weighted by Gasteiger charge is 2.44. The number of benzene rings is 2. The van der Waals surface area contributed by atoms with Crippen LogP contribution in [0.4, 0.5) is 9.59 Å². The van der Waals surface area contributed by atoms with Crippen LogP contribution in [0.3, 0.4) is 0 Å². The highest BCUT2D eigenvalue weighted by Crippen LogP contribution is 2.29. The maximum absolute atomic E-state index is 14.4. The van der Waals surface area contributed by atoms with Crippen LogP contribution in [0, 0.1) is 17.8 Å². The van der Waals surface area contributed by atoms with Gasteiger partial charge >= 0.3 is 12.1 Å². The maximum atomic E-state index is 14.4. The Labute approximate surface area is 312 Å². The van der Waals surface area contributed by atoms with Crippen molar-refractivity contribution in [2.45, 2.75) is 105 Å². The van der Waals surface area contributed by atoms with Crippen molar-refractivity contribution in [3.63, 3.8) is 0 Å². The number of alkyl carbamates (subject to hydrolysis) is 1. The summed E-state index contributed by atoms with van der Waals surface area (Å²) in [5, 5.41) is 12.2. The number of ether oxygens (including phenoxy) is 1. The minimum absolute atomic E-state index is 0.167. The second-order valence-corrected chi connectivity index (χ2v) is 16.9. The summed E-state index contributed by atoms with van der Waals surface area (Å²) in [4.78, 5) is 62.1. The van der Waals surface area contributed by atoms with Crippen LogP contribution < -0.4 is 16.0 Å². The molecular formula is C40H56N6O5S. The number of urea groups is 1. The Balaban J connectivity index is 1.55. The topological polar surface area (TPSA) is 133 Å². The van der Waals surface area contributed by atoms with Gasteiger partial charge in [-0.3, -0.25) is 9.59 Å². The van der Waals surface area contributed by atoms with Crippen LogP contribution in [0.2, 0.25) is 0 Å². The Morgan fingerprint density at radius 3 is 1.81 bits per heavy atom. The van der Waals surface area contributed by atoms with Crippen LogP contribution >= 0.6 is 11.3 Å². The van der Waals surface area contributed by atoms with Gasteiger partial charge in [0.2, 0.25) is 11.8 Å². The highest BCUT2D eigenvalue weighted by atomic mass is 32.1. The summed E-state index contributed by atoms with van der Waals surface area (Å²) >= 11 is 1.56. The fourth-order valence-corrected chi connectivity index (χ4v) is 7.34. The van der Waals surface area contributed by atoms with Crippen molar-refractivity contribution in [2.75, 3.05) is 20.2 Å². The number of rotatable bonds is 15. The fourth-order valence-electron chi connectivity index (χ4n) is 6.73. The van der Waals surface area contributed by atoms with Crippen molar-refractivity contribution in [1.82, 2.24) is 30.7 Å². The van der Waals surface area contributed by atoms with Gasteiger partial charge in [0.05, 0.1) is 24.4 Å². The fraction of sp³-hybridized carbons (Fsp3) is 0.525. The summed E-state index contributed by atoms with van der Waals surface area (Å²) in [6.07, 6.45) is 1.58. The first-order valence-corrected chi connectivity index (χ1v) is 18.9. The quantitative estimate of drug-likeness (QED) is 0.173. The zero-order valence-electron chi connectivity index (χ0n) is 31.9. The Hall–Kier alpha value is -4.45. The van der Waals surface area contributed by atoms with E-state index in [9.17, 15) is 19.2 Å². The van der Waals surface area contributed by atoms with Gasteiger partial charge in [-0.05, 0) is 54.6 Å². The largest absolute Gasteiger partial charge is 0.453 e. The number of thiazole rings is 1. The number of nitrogens with zero attached hydrogens (tertiary/aromatic N) is 3. The van der Waals surface area contributed by atoms with E-state index in [1.807, 2.05) is 115 Å². The van der Waals surface area contributed by atoms with E-state index in [1.165, 1.54) is 7.11 Å². The first-order chi connectivity index (χ1) is 24.5. The van der Waals surface area contributed by atoms with E-state index in [1.54, 1.807) is 21.1 Å². The minimum atomic E-state index is -0.831. The average Bonchev–Trinajstić information content (AvgIpc) is 3.65. The number of methoxy groups -OCH3 is 1. The molecule has 1 saturated heterocycles. The number of nitrogens with one attached hydrogen (secondary N) is 3. The first kappa shape index (κ1) is 40.3. The molecule has 52 heavy (non-hydrogen) atoms. The monoisotopic (exact) mass is 732 g/mol. The lowest BCUT2D eigenvalue weighted by molar-refractivity contribution is -0.129. The van der Waals surface area contributed by atoms with Crippen molar-refractivity contribution in [3.05, 3.63) is 87.9 Å². The van der Waals surface area contributed by atoms with Crippen molar-refractivity contribution in [1.29, 1.82) is 0 Å². The molecule has 0 bridgehead atoms. The van der Waals surface area contributed by atoms with Crippen LogP contribution in [0.1, 0.15) is 76.2 Å². The molecule has 1 fully saturated rings. The molecular weight excluding hydrogens is 677 g/mol. The lowest BCUT2D eigenvalue weighted by atomic mass is 9.84. The van der Waals surface area contributed by atoms with Gasteiger partial charge < -0.3 is 30.5 Å². The van der Waals surface area contributed by atoms with Crippen molar-refractivity contribution < 1.29 is 23.9 Å². The summed E-state index contributed by atoms with van der Waals surface area (Å²) in [7, 11) is 1.27. The number of hydrogen-bond acceptors (Lipinski definition) is 7. The molecule has 4 rings (SSSR count). The zero-order chi connectivity index (χ0) is 38.1. The Morgan fingerprint density at radius 1 is 0.808 bits per heavy atom.